The van der Waals surface area contributed by atoms with Crippen LogP contribution < -0.4 is 10.9 Å². The van der Waals surface area contributed by atoms with Gasteiger partial charge in [0.1, 0.15) is 0 Å². The SMILES string of the molecule is CNCC1CCCN1C(=O)CCn1cnc2c(C)cccc2c1=O. The number of hydrogen-bond acceptors (Lipinski definition) is 4. The molecule has 2 heterocycles. The molecule has 1 saturated heterocycles. The summed E-state index contributed by atoms with van der Waals surface area (Å²) in [4.78, 5) is 31.4. The summed E-state index contributed by atoms with van der Waals surface area (Å²) in [6.45, 7) is 3.95. The third kappa shape index (κ3) is 3.19. The van der Waals surface area contributed by atoms with E-state index in [0.29, 0.717) is 18.4 Å². The topological polar surface area (TPSA) is 67.2 Å². The van der Waals surface area contributed by atoms with Gasteiger partial charge in [0.2, 0.25) is 5.91 Å². The minimum absolute atomic E-state index is 0.0790. The number of para-hydroxylation sites is 1. The first-order valence-electron chi connectivity index (χ1n) is 8.50. The van der Waals surface area contributed by atoms with Crippen LogP contribution >= 0.6 is 0 Å². The molecule has 128 valence electrons. The lowest BCUT2D eigenvalue weighted by Gasteiger charge is -2.24. The first-order valence-corrected chi connectivity index (χ1v) is 8.50. The standard InChI is InChI=1S/C18H24N4O2/c1-13-5-3-7-15-17(13)20-12-21(18(15)24)10-8-16(23)22-9-4-6-14(22)11-19-2/h3,5,7,12,14,19H,4,6,8-11H2,1-2H3. The third-order valence-electron chi connectivity index (χ3n) is 4.76. The molecule has 3 rings (SSSR count). The molecule has 0 aliphatic carbocycles. The van der Waals surface area contributed by atoms with Gasteiger partial charge in [0, 0.05) is 32.1 Å². The number of fused-ring (bicyclic) bond motifs is 1. The molecule has 1 aromatic carbocycles. The Labute approximate surface area is 141 Å². The lowest BCUT2D eigenvalue weighted by molar-refractivity contribution is -0.132. The molecule has 0 spiro atoms. The van der Waals surface area contributed by atoms with Crippen molar-refractivity contribution in [3.8, 4) is 0 Å². The first-order chi connectivity index (χ1) is 11.6. The normalized spacial score (nSPS) is 17.6. The van der Waals surface area contributed by atoms with Crippen LogP contribution in [0.5, 0.6) is 0 Å². The van der Waals surface area contributed by atoms with Gasteiger partial charge in [0.05, 0.1) is 17.2 Å². The van der Waals surface area contributed by atoms with E-state index in [2.05, 4.69) is 10.3 Å². The lowest BCUT2D eigenvalue weighted by atomic mass is 10.1. The number of nitrogens with one attached hydrogen (secondary N) is 1. The van der Waals surface area contributed by atoms with E-state index < -0.39 is 0 Å². The summed E-state index contributed by atoms with van der Waals surface area (Å²) in [5.74, 6) is 0.115. The van der Waals surface area contributed by atoms with Crippen LogP contribution in [0, 0.1) is 6.92 Å². The highest BCUT2D eigenvalue weighted by atomic mass is 16.2. The number of likely N-dealkylation sites (N-methyl/N-ethyl adjacent to an activating group) is 1. The fourth-order valence-electron chi connectivity index (χ4n) is 3.47. The fourth-order valence-corrected chi connectivity index (χ4v) is 3.47. The summed E-state index contributed by atoms with van der Waals surface area (Å²) >= 11 is 0. The smallest absolute Gasteiger partial charge is 0.261 e. The van der Waals surface area contributed by atoms with Crippen molar-refractivity contribution >= 4 is 16.8 Å². The van der Waals surface area contributed by atoms with E-state index in [0.717, 1.165) is 37.0 Å². The van der Waals surface area contributed by atoms with Crippen molar-refractivity contribution in [3.05, 3.63) is 40.4 Å². The van der Waals surface area contributed by atoms with E-state index >= 15 is 0 Å². The van der Waals surface area contributed by atoms with Gasteiger partial charge < -0.3 is 10.2 Å². The quantitative estimate of drug-likeness (QED) is 0.898. The van der Waals surface area contributed by atoms with Crippen molar-refractivity contribution in [2.45, 2.75) is 38.8 Å². The van der Waals surface area contributed by atoms with Gasteiger partial charge in [-0.25, -0.2) is 4.98 Å². The number of carbonyl (C=O) groups is 1. The number of rotatable bonds is 5. The Morgan fingerprint density at radius 3 is 3.04 bits per heavy atom. The van der Waals surface area contributed by atoms with Gasteiger partial charge in [-0.15, -0.1) is 0 Å². The van der Waals surface area contributed by atoms with E-state index in [9.17, 15) is 9.59 Å². The third-order valence-corrected chi connectivity index (χ3v) is 4.76. The van der Waals surface area contributed by atoms with Crippen LogP contribution in [0.1, 0.15) is 24.8 Å². The Balaban J connectivity index is 1.73. The molecular weight excluding hydrogens is 304 g/mol. The van der Waals surface area contributed by atoms with Crippen molar-refractivity contribution in [1.29, 1.82) is 0 Å². The Morgan fingerprint density at radius 2 is 2.25 bits per heavy atom. The van der Waals surface area contributed by atoms with E-state index in [4.69, 9.17) is 0 Å². The highest BCUT2D eigenvalue weighted by Gasteiger charge is 2.27. The van der Waals surface area contributed by atoms with Crippen LogP contribution in [0.25, 0.3) is 10.9 Å². The molecule has 0 bridgehead atoms. The Morgan fingerprint density at radius 1 is 1.42 bits per heavy atom. The van der Waals surface area contributed by atoms with Gasteiger partial charge in [-0.1, -0.05) is 12.1 Å². The summed E-state index contributed by atoms with van der Waals surface area (Å²) in [7, 11) is 1.91. The number of aryl methyl sites for hydroxylation is 2. The number of aromatic nitrogens is 2. The molecule has 0 saturated carbocycles. The minimum Gasteiger partial charge on any atom is -0.338 e. The van der Waals surface area contributed by atoms with Gasteiger partial charge in [0.25, 0.3) is 5.56 Å². The van der Waals surface area contributed by atoms with E-state index in [1.165, 1.54) is 0 Å². The zero-order chi connectivity index (χ0) is 17.1. The second-order valence-electron chi connectivity index (χ2n) is 6.41. The molecule has 6 nitrogen and oxygen atoms in total. The van der Waals surface area contributed by atoms with Crippen LogP contribution in [0.15, 0.2) is 29.3 Å². The Bertz CT molecular complexity index is 799. The predicted molar refractivity (Wildman–Crippen MR) is 94.0 cm³/mol. The number of likely N-dealkylation sites (tertiary alicyclic amines) is 1. The van der Waals surface area contributed by atoms with Crippen molar-refractivity contribution in [1.82, 2.24) is 19.8 Å². The molecule has 6 heteroatoms. The van der Waals surface area contributed by atoms with Crippen LogP contribution in [-0.2, 0) is 11.3 Å². The highest BCUT2D eigenvalue weighted by molar-refractivity contribution is 5.80. The van der Waals surface area contributed by atoms with Crippen LogP contribution in [0.4, 0.5) is 0 Å². The second kappa shape index (κ2) is 7.13. The second-order valence-corrected chi connectivity index (χ2v) is 6.41. The first kappa shape index (κ1) is 16.6. The Hall–Kier alpha value is -2.21. The van der Waals surface area contributed by atoms with Crippen LogP contribution in [0.3, 0.4) is 0 Å². The summed E-state index contributed by atoms with van der Waals surface area (Å²) in [5.41, 5.74) is 1.64. The molecule has 1 unspecified atom stereocenters. The minimum atomic E-state index is -0.0790. The molecule has 1 fully saturated rings. The summed E-state index contributed by atoms with van der Waals surface area (Å²) in [5, 5.41) is 3.75. The van der Waals surface area contributed by atoms with Crippen LogP contribution in [0.2, 0.25) is 0 Å². The summed E-state index contributed by atoms with van der Waals surface area (Å²) in [6.07, 6.45) is 3.98. The largest absolute Gasteiger partial charge is 0.338 e. The van der Waals surface area contributed by atoms with Crippen LogP contribution in [-0.4, -0.2) is 46.5 Å². The van der Waals surface area contributed by atoms with Crippen molar-refractivity contribution in [3.63, 3.8) is 0 Å². The van der Waals surface area contributed by atoms with Crippen molar-refractivity contribution in [2.24, 2.45) is 0 Å². The van der Waals surface area contributed by atoms with E-state index in [-0.39, 0.29) is 17.5 Å². The number of nitrogens with zero attached hydrogens (tertiary/aromatic N) is 3. The maximum atomic E-state index is 12.6. The molecule has 1 atom stereocenters. The molecule has 1 aliphatic rings. The van der Waals surface area contributed by atoms with E-state index in [1.54, 1.807) is 17.0 Å². The fraction of sp³-hybridized carbons (Fsp3) is 0.500. The molecule has 1 N–H and O–H groups in total. The predicted octanol–water partition coefficient (Wildman–Crippen LogP) is 1.31. The highest BCUT2D eigenvalue weighted by Crippen LogP contribution is 2.18. The zero-order valence-corrected chi connectivity index (χ0v) is 14.3. The molecule has 1 aromatic heterocycles. The number of hydrogen-bond donors (Lipinski definition) is 1. The molecule has 2 aromatic rings. The molecule has 0 radical (unpaired) electrons. The van der Waals surface area contributed by atoms with E-state index in [1.807, 2.05) is 31.0 Å². The summed E-state index contributed by atoms with van der Waals surface area (Å²) < 4.78 is 1.54. The van der Waals surface area contributed by atoms with Gasteiger partial charge >= 0.3 is 0 Å². The Kier molecular flexibility index (Phi) is 4.94. The van der Waals surface area contributed by atoms with Crippen molar-refractivity contribution in [2.75, 3.05) is 20.1 Å². The van der Waals surface area contributed by atoms with Gasteiger partial charge in [-0.05, 0) is 38.4 Å². The van der Waals surface area contributed by atoms with Crippen molar-refractivity contribution < 1.29 is 4.79 Å². The maximum Gasteiger partial charge on any atom is 0.261 e. The number of benzene rings is 1. The number of carbonyl (C=O) groups excluding carboxylic acids is 1. The summed E-state index contributed by atoms with van der Waals surface area (Å²) in [6, 6.07) is 5.87. The molecular formula is C18H24N4O2. The van der Waals surface area contributed by atoms with Gasteiger partial charge in [-0.2, -0.15) is 0 Å². The monoisotopic (exact) mass is 328 g/mol. The van der Waals surface area contributed by atoms with Gasteiger partial charge in [0.15, 0.2) is 0 Å². The maximum absolute atomic E-state index is 12.6. The molecule has 1 aliphatic heterocycles. The number of amides is 1. The lowest BCUT2D eigenvalue weighted by Crippen LogP contribution is -2.41. The average molecular weight is 328 g/mol. The van der Waals surface area contributed by atoms with Gasteiger partial charge in [-0.3, -0.25) is 14.2 Å². The molecule has 24 heavy (non-hydrogen) atoms. The molecule has 1 amide bonds. The zero-order valence-electron chi connectivity index (χ0n) is 14.3. The average Bonchev–Trinajstić information content (AvgIpc) is 3.03.